The summed E-state index contributed by atoms with van der Waals surface area (Å²) in [7, 11) is 0. The van der Waals surface area contributed by atoms with Crippen LogP contribution in [0.1, 0.15) is 101 Å². The van der Waals surface area contributed by atoms with E-state index in [4.69, 9.17) is 32.7 Å². The number of allylic oxidation sites excluding steroid dienone is 2. The van der Waals surface area contributed by atoms with Crippen molar-refractivity contribution >= 4 is 40.5 Å². The number of hydrogen-bond acceptors (Lipinski definition) is 6. The minimum atomic E-state index is -1.26. The van der Waals surface area contributed by atoms with Crippen molar-refractivity contribution in [1.29, 1.82) is 0 Å². The van der Waals surface area contributed by atoms with Crippen LogP contribution in [0.15, 0.2) is 48.0 Å². The van der Waals surface area contributed by atoms with Gasteiger partial charge in [0.1, 0.15) is 0 Å². The van der Waals surface area contributed by atoms with Crippen molar-refractivity contribution in [3.63, 3.8) is 0 Å². The number of rotatable bonds is 3. The van der Waals surface area contributed by atoms with E-state index in [1.807, 2.05) is 6.92 Å². The van der Waals surface area contributed by atoms with Gasteiger partial charge in [0.25, 0.3) is 0 Å². The zero-order chi connectivity index (χ0) is 34.9. The minimum Gasteiger partial charge on any atom is -0.545 e. The molecule has 6 nitrogen and oxygen atoms in total. The van der Waals surface area contributed by atoms with Gasteiger partial charge in [-0.3, -0.25) is 0 Å². The van der Waals surface area contributed by atoms with E-state index in [0.717, 1.165) is 43.3 Å². The number of benzene rings is 2. The number of carboxylic acids is 1. The molecule has 11 unspecified atom stereocenters. The number of carboxylic acid groups (broad SMARTS) is 1. The number of halogens is 2. The Labute approximate surface area is 330 Å². The number of fused-ring (bicyclic) bond motifs is 7. The molecule has 0 aromatic heterocycles. The maximum absolute atomic E-state index is 11.0. The molecule has 9 heteroatoms. The molecule has 2 saturated heterocycles. The Balaban J connectivity index is 0.000000188. The van der Waals surface area contributed by atoms with E-state index in [9.17, 15) is 15.0 Å². The van der Waals surface area contributed by atoms with Gasteiger partial charge in [0.05, 0.1) is 40.5 Å². The third kappa shape index (κ3) is 6.54. The molecule has 0 bridgehead atoms. The molecule has 6 aliphatic rings. The van der Waals surface area contributed by atoms with Gasteiger partial charge in [0.15, 0.2) is 5.79 Å². The van der Waals surface area contributed by atoms with Gasteiger partial charge >= 0.3 is 29.6 Å². The maximum atomic E-state index is 11.0. The molecule has 50 heavy (non-hydrogen) atoms. The summed E-state index contributed by atoms with van der Waals surface area (Å²) < 4.78 is 13.3. The largest absolute Gasteiger partial charge is 1.00 e. The van der Waals surface area contributed by atoms with Crippen LogP contribution in [0.4, 0.5) is 11.4 Å². The van der Waals surface area contributed by atoms with Crippen LogP contribution in [0.25, 0.3) is 0 Å². The van der Waals surface area contributed by atoms with E-state index < -0.39 is 5.97 Å². The predicted octanol–water partition coefficient (Wildman–Crippen LogP) is 6.13. The Kier molecular flexibility index (Phi) is 11.3. The molecule has 11 atom stereocenters. The molecule has 2 N–H and O–H groups in total. The van der Waals surface area contributed by atoms with Crippen LogP contribution in [0.5, 0.6) is 0 Å². The molecule has 2 heterocycles. The first kappa shape index (κ1) is 38.6. The Hall–Kier alpha value is -1.09. The molecule has 8 rings (SSSR count). The summed E-state index contributed by atoms with van der Waals surface area (Å²) >= 11 is 12.2. The van der Waals surface area contributed by atoms with Crippen LogP contribution in [-0.4, -0.2) is 35.7 Å². The minimum absolute atomic E-state index is 0. The van der Waals surface area contributed by atoms with Gasteiger partial charge in [-0.25, -0.2) is 0 Å². The quantitative estimate of drug-likeness (QED) is 0.292. The van der Waals surface area contributed by atoms with E-state index >= 15 is 0 Å². The summed E-state index contributed by atoms with van der Waals surface area (Å²) in [5.41, 5.74) is 4.23. The second kappa shape index (κ2) is 14.6. The molecule has 5 fully saturated rings. The first-order valence-electron chi connectivity index (χ1n) is 18.5. The van der Waals surface area contributed by atoms with Gasteiger partial charge < -0.3 is 29.8 Å². The second-order valence-electron chi connectivity index (χ2n) is 16.7. The number of aryl methyl sites for hydroxylation is 1. The molecular weight excluding hydrogens is 680 g/mol. The van der Waals surface area contributed by atoms with Crippen LogP contribution in [0, 0.1) is 53.3 Å². The number of aliphatic hydroxyl groups is 1. The van der Waals surface area contributed by atoms with Gasteiger partial charge in [0.2, 0.25) is 0 Å². The third-order valence-electron chi connectivity index (χ3n) is 14.0. The summed E-state index contributed by atoms with van der Waals surface area (Å²) in [5, 5.41) is 25.1. The molecular formula is C41H52Cl2NNaO5. The number of ether oxygens (including phenoxy) is 2. The normalized spacial score (nSPS) is 39.8. The number of carbonyl (C=O) groups excluding carboxylic acids is 1. The number of nitrogens with one attached hydrogen (secondary N) is 1. The Morgan fingerprint density at radius 1 is 1.02 bits per heavy atom. The standard InChI is InChI=1S/C27H42O3.C14H11Cl2NO2.Na/c1-16-7-12-27(29-15-16)17(2)24-23(30-27)14-22-20-6-5-18-13-19(28)8-10-25(18,3)21(20)9-11-26(22,24)4;1-8-6-7-10(15)13(12(8)16)17-11-5-3-2-4-9(11)14(18)19;/h9,16-20,22-24,28H,5-8,10-15H2,1-4H3;2-7,17H,1H3,(H,18,19);/q;;+1/p-1. The van der Waals surface area contributed by atoms with Crippen molar-refractivity contribution < 1.29 is 54.0 Å². The van der Waals surface area contributed by atoms with Crippen LogP contribution >= 0.6 is 23.2 Å². The van der Waals surface area contributed by atoms with E-state index in [1.54, 1.807) is 35.9 Å². The molecule has 0 radical (unpaired) electrons. The summed E-state index contributed by atoms with van der Waals surface area (Å²) in [4.78, 5) is 11.0. The average molecular weight is 733 g/mol. The van der Waals surface area contributed by atoms with Crippen molar-refractivity contribution in [3.8, 4) is 0 Å². The van der Waals surface area contributed by atoms with Gasteiger partial charge in [0, 0.05) is 23.6 Å². The fourth-order valence-corrected chi connectivity index (χ4v) is 11.7. The SMILES string of the molecule is CC1CCC2(OC1)OC1CC3C4CCC5CC(O)CCC5(C)C4=CCC3(C)C1C2C.Cc1ccc(Cl)c(Nc2ccccc2C(=O)[O-])c1Cl.[Na+]. The van der Waals surface area contributed by atoms with Gasteiger partial charge in [-0.15, -0.1) is 0 Å². The van der Waals surface area contributed by atoms with Gasteiger partial charge in [-0.1, -0.05) is 86.8 Å². The van der Waals surface area contributed by atoms with Crippen LogP contribution in [0.2, 0.25) is 10.0 Å². The van der Waals surface area contributed by atoms with Crippen molar-refractivity contribution in [2.75, 3.05) is 11.9 Å². The van der Waals surface area contributed by atoms with Crippen molar-refractivity contribution in [1.82, 2.24) is 0 Å². The first-order valence-corrected chi connectivity index (χ1v) is 19.3. The second-order valence-corrected chi connectivity index (χ2v) is 17.5. The Morgan fingerprint density at radius 3 is 2.50 bits per heavy atom. The molecule has 266 valence electrons. The average Bonchev–Trinajstić information content (AvgIpc) is 3.52. The summed E-state index contributed by atoms with van der Waals surface area (Å²) in [6, 6.07) is 9.91. The molecule has 4 aliphatic carbocycles. The van der Waals surface area contributed by atoms with E-state index in [-0.39, 0.29) is 47.0 Å². The maximum Gasteiger partial charge on any atom is 1.00 e. The summed E-state index contributed by atoms with van der Waals surface area (Å²) in [5.74, 6) is 2.42. The third-order valence-corrected chi connectivity index (χ3v) is 14.8. The molecule has 2 aromatic carbocycles. The molecule has 3 saturated carbocycles. The summed E-state index contributed by atoms with van der Waals surface area (Å²) in [6.45, 7) is 12.6. The number of para-hydroxylation sites is 1. The zero-order valence-electron chi connectivity index (χ0n) is 30.6. The molecule has 0 amide bonds. The smallest absolute Gasteiger partial charge is 0.545 e. The molecule has 2 aromatic rings. The Morgan fingerprint density at radius 2 is 1.78 bits per heavy atom. The fourth-order valence-electron chi connectivity index (χ4n) is 11.2. The Bertz CT molecular complexity index is 1630. The van der Waals surface area contributed by atoms with Crippen LogP contribution < -0.4 is 40.0 Å². The predicted molar refractivity (Wildman–Crippen MR) is 193 cm³/mol. The van der Waals surface area contributed by atoms with Crippen molar-refractivity contribution in [2.24, 2.45) is 46.3 Å². The number of hydrogen-bond donors (Lipinski definition) is 2. The molecule has 1 spiro atoms. The number of anilines is 2. The van der Waals surface area contributed by atoms with Crippen LogP contribution in [-0.2, 0) is 9.47 Å². The first-order chi connectivity index (χ1) is 23.3. The van der Waals surface area contributed by atoms with E-state index in [2.05, 4.69) is 39.1 Å². The number of aliphatic hydroxyl groups excluding tert-OH is 1. The number of carbonyl (C=O) groups is 1. The van der Waals surface area contributed by atoms with Crippen LogP contribution in [0.3, 0.4) is 0 Å². The van der Waals surface area contributed by atoms with Gasteiger partial charge in [-0.2, -0.15) is 0 Å². The van der Waals surface area contributed by atoms with Gasteiger partial charge in [-0.05, 0) is 116 Å². The van der Waals surface area contributed by atoms with Crippen molar-refractivity contribution in [2.45, 2.75) is 110 Å². The zero-order valence-corrected chi connectivity index (χ0v) is 34.1. The van der Waals surface area contributed by atoms with E-state index in [0.29, 0.717) is 62.0 Å². The fraction of sp³-hybridized carbons (Fsp3) is 0.634. The topological polar surface area (TPSA) is 90.8 Å². The number of aromatic carboxylic acids is 1. The monoisotopic (exact) mass is 731 g/mol. The molecule has 2 aliphatic heterocycles. The van der Waals surface area contributed by atoms with Crippen molar-refractivity contribution in [3.05, 3.63) is 69.2 Å². The summed E-state index contributed by atoms with van der Waals surface area (Å²) in [6.07, 6.45) is 13.6. The van der Waals surface area contributed by atoms with E-state index in [1.165, 1.54) is 44.6 Å².